The van der Waals surface area contributed by atoms with Gasteiger partial charge in [0, 0.05) is 17.6 Å². The highest BCUT2D eigenvalue weighted by atomic mass is 16.5. The molecule has 0 spiro atoms. The molecule has 128 valence electrons. The first-order valence-electron chi connectivity index (χ1n) is 7.86. The average molecular weight is 346 g/mol. The number of aryl methyl sites for hydroxylation is 1. The van der Waals surface area contributed by atoms with Crippen LogP contribution in [0.25, 0.3) is 10.9 Å². The predicted octanol–water partition coefficient (Wildman–Crippen LogP) is 3.32. The highest BCUT2D eigenvalue weighted by Crippen LogP contribution is 2.23. The molecule has 8 heteroatoms. The fraction of sp³-hybridized carbons (Fsp3) is 0.0556. The molecule has 4 aromatic rings. The summed E-state index contributed by atoms with van der Waals surface area (Å²) in [5.74, 6) is 1.04. The Labute approximate surface area is 148 Å². The van der Waals surface area contributed by atoms with Crippen molar-refractivity contribution in [3.05, 3.63) is 66.4 Å². The number of carbonyl (C=O) groups is 1. The summed E-state index contributed by atoms with van der Waals surface area (Å²) in [6, 6.07) is 11.3. The molecule has 1 amide bonds. The molecule has 0 bridgehead atoms. The highest BCUT2D eigenvalue weighted by Gasteiger charge is 2.11. The number of amides is 1. The third kappa shape index (κ3) is 3.20. The predicted molar refractivity (Wildman–Crippen MR) is 96.3 cm³/mol. The van der Waals surface area contributed by atoms with Crippen LogP contribution in [-0.4, -0.2) is 26.0 Å². The molecule has 0 saturated heterocycles. The number of nitrogens with one attached hydrogen (secondary N) is 2. The second-order valence-corrected chi connectivity index (χ2v) is 5.57. The topological polar surface area (TPSA) is 106 Å². The van der Waals surface area contributed by atoms with Crippen molar-refractivity contribution in [1.29, 1.82) is 0 Å². The van der Waals surface area contributed by atoms with Crippen molar-refractivity contribution in [3.8, 4) is 0 Å². The Morgan fingerprint density at radius 2 is 1.92 bits per heavy atom. The minimum Gasteiger partial charge on any atom is -0.360 e. The van der Waals surface area contributed by atoms with Crippen molar-refractivity contribution in [2.45, 2.75) is 6.92 Å². The quantitative estimate of drug-likeness (QED) is 0.584. The Morgan fingerprint density at radius 3 is 2.69 bits per heavy atom. The average Bonchev–Trinajstić information content (AvgIpc) is 3.07. The smallest absolute Gasteiger partial charge is 0.277 e. The first-order valence-corrected chi connectivity index (χ1v) is 7.86. The Kier molecular flexibility index (Phi) is 3.98. The van der Waals surface area contributed by atoms with Gasteiger partial charge in [0.1, 0.15) is 17.3 Å². The zero-order valence-corrected chi connectivity index (χ0v) is 13.8. The van der Waals surface area contributed by atoms with Gasteiger partial charge in [0.15, 0.2) is 5.82 Å². The minimum atomic E-state index is -0.413. The van der Waals surface area contributed by atoms with E-state index in [1.165, 1.54) is 12.4 Å². The summed E-state index contributed by atoms with van der Waals surface area (Å²) >= 11 is 0. The number of hydrogen-bond acceptors (Lipinski definition) is 7. The standard InChI is InChI=1S/C18H14N6O2/c1-11-8-15(24-26-11)23-18(25)14-9-21-16(10-20-14)22-13-6-2-4-12-5-3-7-19-17(12)13/h2-10H,1H3,(H,21,22)(H,23,24,25). The Balaban J connectivity index is 1.51. The van der Waals surface area contributed by atoms with Crippen molar-refractivity contribution < 1.29 is 9.32 Å². The van der Waals surface area contributed by atoms with Crippen LogP contribution >= 0.6 is 0 Å². The van der Waals surface area contributed by atoms with Crippen molar-refractivity contribution in [2.24, 2.45) is 0 Å². The Morgan fingerprint density at radius 1 is 1.04 bits per heavy atom. The van der Waals surface area contributed by atoms with Gasteiger partial charge in [-0.1, -0.05) is 23.4 Å². The molecule has 0 saturated carbocycles. The lowest BCUT2D eigenvalue weighted by atomic mass is 10.2. The van der Waals surface area contributed by atoms with Crippen LogP contribution in [0.2, 0.25) is 0 Å². The van der Waals surface area contributed by atoms with Crippen LogP contribution in [0.1, 0.15) is 16.2 Å². The SMILES string of the molecule is Cc1cc(NC(=O)c2cnc(Nc3cccc4cccnc34)cn2)no1. The van der Waals surface area contributed by atoms with Crippen LogP contribution in [0.5, 0.6) is 0 Å². The van der Waals surface area contributed by atoms with Crippen molar-refractivity contribution in [1.82, 2.24) is 20.1 Å². The zero-order valence-electron chi connectivity index (χ0n) is 13.8. The largest absolute Gasteiger partial charge is 0.360 e. The molecule has 4 rings (SSSR count). The third-order valence-corrected chi connectivity index (χ3v) is 3.65. The molecule has 3 heterocycles. The molecule has 26 heavy (non-hydrogen) atoms. The van der Waals surface area contributed by atoms with Crippen molar-refractivity contribution in [2.75, 3.05) is 10.6 Å². The lowest BCUT2D eigenvalue weighted by Gasteiger charge is -2.08. The first-order chi connectivity index (χ1) is 12.7. The van der Waals surface area contributed by atoms with Gasteiger partial charge in [-0.15, -0.1) is 0 Å². The summed E-state index contributed by atoms with van der Waals surface area (Å²) in [7, 11) is 0. The van der Waals surface area contributed by atoms with E-state index in [2.05, 4.69) is 30.7 Å². The molecule has 3 aromatic heterocycles. The molecule has 0 fully saturated rings. The lowest BCUT2D eigenvalue weighted by molar-refractivity contribution is 0.102. The number of aromatic nitrogens is 4. The maximum atomic E-state index is 12.1. The number of hydrogen-bond donors (Lipinski definition) is 2. The van der Waals surface area contributed by atoms with Crippen molar-refractivity contribution in [3.63, 3.8) is 0 Å². The number of anilines is 3. The lowest BCUT2D eigenvalue weighted by Crippen LogP contribution is -2.14. The first kappa shape index (κ1) is 15.7. The fourth-order valence-corrected chi connectivity index (χ4v) is 2.46. The van der Waals surface area contributed by atoms with E-state index in [9.17, 15) is 4.79 Å². The monoisotopic (exact) mass is 346 g/mol. The van der Waals surface area contributed by atoms with Gasteiger partial charge in [0.25, 0.3) is 5.91 Å². The van der Waals surface area contributed by atoms with E-state index < -0.39 is 5.91 Å². The molecular formula is C18H14N6O2. The maximum Gasteiger partial charge on any atom is 0.277 e. The molecular weight excluding hydrogens is 332 g/mol. The minimum absolute atomic E-state index is 0.173. The number of para-hydroxylation sites is 1. The number of carbonyl (C=O) groups excluding carboxylic acids is 1. The molecule has 0 radical (unpaired) electrons. The molecule has 0 aliphatic rings. The van der Waals surface area contributed by atoms with Crippen LogP contribution in [-0.2, 0) is 0 Å². The van der Waals surface area contributed by atoms with Gasteiger partial charge in [-0.2, -0.15) is 0 Å². The Hall–Kier alpha value is -3.81. The summed E-state index contributed by atoms with van der Waals surface area (Å²) in [6.07, 6.45) is 4.62. The van der Waals surface area contributed by atoms with E-state index in [0.29, 0.717) is 17.4 Å². The van der Waals surface area contributed by atoms with E-state index >= 15 is 0 Å². The molecule has 2 N–H and O–H groups in total. The van der Waals surface area contributed by atoms with Gasteiger partial charge in [0.2, 0.25) is 0 Å². The van der Waals surface area contributed by atoms with Crippen molar-refractivity contribution >= 4 is 34.1 Å². The van der Waals surface area contributed by atoms with Gasteiger partial charge >= 0.3 is 0 Å². The van der Waals surface area contributed by atoms with Crippen LogP contribution in [0.15, 0.2) is 59.5 Å². The summed E-state index contributed by atoms with van der Waals surface area (Å²) in [5, 5.41) is 10.5. The maximum absolute atomic E-state index is 12.1. The summed E-state index contributed by atoms with van der Waals surface area (Å²) in [5.41, 5.74) is 1.82. The van der Waals surface area contributed by atoms with Crippen LogP contribution in [0.4, 0.5) is 17.3 Å². The molecule has 1 aromatic carbocycles. The van der Waals surface area contributed by atoms with Crippen LogP contribution in [0.3, 0.4) is 0 Å². The molecule has 0 atom stereocenters. The Bertz CT molecular complexity index is 1070. The second-order valence-electron chi connectivity index (χ2n) is 5.57. The molecule has 0 aliphatic heterocycles. The normalized spacial score (nSPS) is 10.7. The van der Waals surface area contributed by atoms with Gasteiger partial charge in [-0.05, 0) is 19.1 Å². The number of pyridine rings is 1. The third-order valence-electron chi connectivity index (χ3n) is 3.65. The number of rotatable bonds is 4. The molecule has 0 aliphatic carbocycles. The van der Waals surface area contributed by atoms with Gasteiger partial charge in [0.05, 0.1) is 23.6 Å². The second kappa shape index (κ2) is 6.60. The number of nitrogens with zero attached hydrogens (tertiary/aromatic N) is 4. The zero-order chi connectivity index (χ0) is 17.9. The molecule has 8 nitrogen and oxygen atoms in total. The number of fused-ring (bicyclic) bond motifs is 1. The van der Waals surface area contributed by atoms with Gasteiger partial charge < -0.3 is 15.2 Å². The summed E-state index contributed by atoms with van der Waals surface area (Å²) < 4.78 is 4.91. The van der Waals surface area contributed by atoms with E-state index in [1.807, 2.05) is 30.3 Å². The van der Waals surface area contributed by atoms with E-state index in [-0.39, 0.29) is 5.69 Å². The van der Waals surface area contributed by atoms with Crippen LogP contribution < -0.4 is 10.6 Å². The summed E-state index contributed by atoms with van der Waals surface area (Å²) in [4.78, 5) is 24.9. The number of benzene rings is 1. The summed E-state index contributed by atoms with van der Waals surface area (Å²) in [6.45, 7) is 1.74. The fourth-order valence-electron chi connectivity index (χ4n) is 2.46. The van der Waals surface area contributed by atoms with Crippen LogP contribution in [0, 0.1) is 6.92 Å². The van der Waals surface area contributed by atoms with Gasteiger partial charge in [-0.3, -0.25) is 9.78 Å². The van der Waals surface area contributed by atoms with Gasteiger partial charge in [-0.25, -0.2) is 9.97 Å². The van der Waals surface area contributed by atoms with E-state index in [0.717, 1.165) is 16.6 Å². The van der Waals surface area contributed by atoms with E-state index in [4.69, 9.17) is 4.52 Å². The molecule has 0 unspecified atom stereocenters. The highest BCUT2D eigenvalue weighted by molar-refractivity contribution is 6.02. The van der Waals surface area contributed by atoms with E-state index in [1.54, 1.807) is 19.2 Å².